The highest BCUT2D eigenvalue weighted by Crippen LogP contribution is 2.62. The standard InChI is InChI=1S/C32H36N2O3P/c1-2-24-37-32(36)33-21-18-26(19-22-33)25-34-23-20-30(31(34)35)38(27-12-6-3-7-13-27,28-14-8-4-9-15-28)29-16-10-5-11-17-29/h2-17,26,30H,1,18-25H2/q+1. The molecule has 3 aromatic carbocycles. The van der Waals surface area contributed by atoms with Gasteiger partial charge in [0.05, 0.1) is 0 Å². The molecule has 0 radical (unpaired) electrons. The van der Waals surface area contributed by atoms with E-state index in [9.17, 15) is 9.59 Å². The van der Waals surface area contributed by atoms with Crippen molar-refractivity contribution in [1.29, 1.82) is 0 Å². The van der Waals surface area contributed by atoms with Crippen LogP contribution in [-0.4, -0.2) is 60.2 Å². The summed E-state index contributed by atoms with van der Waals surface area (Å²) in [6, 6.07) is 32.0. The number of benzene rings is 3. The normalized spacial score (nSPS) is 18.4. The molecule has 2 aliphatic heterocycles. The van der Waals surface area contributed by atoms with Crippen LogP contribution in [0.3, 0.4) is 0 Å². The van der Waals surface area contributed by atoms with E-state index in [-0.39, 0.29) is 24.3 Å². The minimum Gasteiger partial charge on any atom is -0.445 e. The molecule has 5 nitrogen and oxygen atoms in total. The smallest absolute Gasteiger partial charge is 0.410 e. The molecule has 0 saturated carbocycles. The zero-order valence-corrected chi connectivity index (χ0v) is 22.7. The molecule has 38 heavy (non-hydrogen) atoms. The lowest BCUT2D eigenvalue weighted by Gasteiger charge is -2.34. The Bertz CT molecular complexity index is 1130. The van der Waals surface area contributed by atoms with E-state index in [1.54, 1.807) is 11.0 Å². The molecule has 0 bridgehead atoms. The van der Waals surface area contributed by atoms with Crippen molar-refractivity contribution < 1.29 is 14.3 Å². The van der Waals surface area contributed by atoms with Crippen LogP contribution in [0, 0.1) is 5.92 Å². The molecule has 2 amide bonds. The maximum Gasteiger partial charge on any atom is 0.410 e. The van der Waals surface area contributed by atoms with Gasteiger partial charge < -0.3 is 14.5 Å². The van der Waals surface area contributed by atoms with Crippen LogP contribution in [0.25, 0.3) is 0 Å². The molecule has 2 fully saturated rings. The zero-order chi connectivity index (χ0) is 26.4. The average Bonchev–Trinajstić information content (AvgIpc) is 3.34. The lowest BCUT2D eigenvalue weighted by atomic mass is 9.96. The summed E-state index contributed by atoms with van der Waals surface area (Å²) >= 11 is 0. The van der Waals surface area contributed by atoms with Gasteiger partial charge in [-0.25, -0.2) is 4.79 Å². The minimum atomic E-state index is -2.25. The second-order valence-corrected chi connectivity index (χ2v) is 13.7. The summed E-state index contributed by atoms with van der Waals surface area (Å²) in [6.45, 7) is 6.70. The highest BCUT2D eigenvalue weighted by molar-refractivity contribution is 7.96. The quantitative estimate of drug-likeness (QED) is 0.318. The van der Waals surface area contributed by atoms with E-state index in [2.05, 4.69) is 102 Å². The van der Waals surface area contributed by atoms with Gasteiger partial charge in [-0.3, -0.25) is 4.79 Å². The third-order valence-electron chi connectivity index (χ3n) is 7.90. The van der Waals surface area contributed by atoms with Gasteiger partial charge in [0, 0.05) is 32.6 Å². The summed E-state index contributed by atoms with van der Waals surface area (Å²) < 4.78 is 5.20. The Morgan fingerprint density at radius 3 is 1.79 bits per heavy atom. The zero-order valence-electron chi connectivity index (χ0n) is 21.8. The van der Waals surface area contributed by atoms with Gasteiger partial charge in [-0.05, 0) is 55.2 Å². The first-order valence-corrected chi connectivity index (χ1v) is 15.4. The van der Waals surface area contributed by atoms with Crippen molar-refractivity contribution in [3.8, 4) is 0 Å². The second-order valence-electron chi connectivity index (χ2n) is 10.1. The molecule has 1 atom stereocenters. The molecule has 3 aromatic rings. The summed E-state index contributed by atoms with van der Waals surface area (Å²) in [5.74, 6) is 0.654. The summed E-state index contributed by atoms with van der Waals surface area (Å²) in [6.07, 6.45) is 3.92. The van der Waals surface area contributed by atoms with Gasteiger partial charge in [-0.1, -0.05) is 67.3 Å². The average molecular weight is 528 g/mol. The molecule has 0 aromatic heterocycles. The molecule has 0 aliphatic carbocycles. The first-order chi connectivity index (χ1) is 18.6. The van der Waals surface area contributed by atoms with Crippen molar-refractivity contribution in [1.82, 2.24) is 9.80 Å². The largest absolute Gasteiger partial charge is 0.445 e. The molecule has 196 valence electrons. The first kappa shape index (κ1) is 26.2. The van der Waals surface area contributed by atoms with Gasteiger partial charge in [0.25, 0.3) is 5.91 Å². The summed E-state index contributed by atoms with van der Waals surface area (Å²) in [5.41, 5.74) is -0.0938. The molecule has 2 saturated heterocycles. The SMILES string of the molecule is C=CCOC(=O)N1CCC(CN2CCC([P+](c3ccccc3)(c3ccccc3)c3ccccc3)C2=O)CC1. The van der Waals surface area contributed by atoms with Gasteiger partial charge in [0.1, 0.15) is 29.8 Å². The Labute approximate surface area is 226 Å². The molecule has 0 N–H and O–H groups in total. The van der Waals surface area contributed by atoms with Crippen molar-refractivity contribution in [2.24, 2.45) is 5.92 Å². The second kappa shape index (κ2) is 12.0. The van der Waals surface area contributed by atoms with Crippen molar-refractivity contribution in [2.75, 3.05) is 32.8 Å². The summed E-state index contributed by atoms with van der Waals surface area (Å²) in [5, 5.41) is 3.76. The lowest BCUT2D eigenvalue weighted by molar-refractivity contribution is -0.128. The summed E-state index contributed by atoms with van der Waals surface area (Å²) in [7, 11) is -2.25. The monoisotopic (exact) mass is 527 g/mol. The Morgan fingerprint density at radius 1 is 0.816 bits per heavy atom. The van der Waals surface area contributed by atoms with E-state index < -0.39 is 7.26 Å². The number of nitrogens with zero attached hydrogens (tertiary/aromatic N) is 2. The topological polar surface area (TPSA) is 49.9 Å². The van der Waals surface area contributed by atoms with Crippen LogP contribution < -0.4 is 15.9 Å². The van der Waals surface area contributed by atoms with Gasteiger partial charge in [-0.2, -0.15) is 0 Å². The number of hydrogen-bond acceptors (Lipinski definition) is 3. The van der Waals surface area contributed by atoms with Gasteiger partial charge in [0.15, 0.2) is 5.66 Å². The van der Waals surface area contributed by atoms with E-state index in [1.165, 1.54) is 15.9 Å². The van der Waals surface area contributed by atoms with Crippen LogP contribution >= 0.6 is 7.26 Å². The van der Waals surface area contributed by atoms with Crippen LogP contribution in [0.2, 0.25) is 0 Å². The van der Waals surface area contributed by atoms with Crippen molar-refractivity contribution >= 4 is 35.2 Å². The maximum absolute atomic E-state index is 14.3. The van der Waals surface area contributed by atoms with E-state index in [0.29, 0.717) is 19.0 Å². The van der Waals surface area contributed by atoms with Crippen LogP contribution in [0.1, 0.15) is 19.3 Å². The number of carbonyl (C=O) groups excluding carboxylic acids is 2. The fourth-order valence-electron chi connectivity index (χ4n) is 6.07. The lowest BCUT2D eigenvalue weighted by Crippen LogP contribution is -2.45. The van der Waals surface area contributed by atoms with Gasteiger partial charge >= 0.3 is 6.09 Å². The number of carbonyl (C=O) groups is 2. The van der Waals surface area contributed by atoms with Gasteiger partial charge in [-0.15, -0.1) is 0 Å². The predicted molar refractivity (Wildman–Crippen MR) is 156 cm³/mol. The molecule has 5 rings (SSSR count). The van der Waals surface area contributed by atoms with Crippen LogP contribution in [0.4, 0.5) is 4.79 Å². The highest BCUT2D eigenvalue weighted by Gasteiger charge is 2.58. The minimum absolute atomic E-state index is 0.0938. The number of hydrogen-bond donors (Lipinski definition) is 0. The maximum atomic E-state index is 14.3. The van der Waals surface area contributed by atoms with E-state index in [4.69, 9.17) is 4.74 Å². The fraction of sp³-hybridized carbons (Fsp3) is 0.312. The third kappa shape index (κ3) is 5.13. The number of rotatable bonds is 8. The fourth-order valence-corrected chi connectivity index (χ4v) is 11.0. The Morgan fingerprint density at radius 2 is 1.32 bits per heavy atom. The first-order valence-electron chi connectivity index (χ1n) is 13.5. The number of likely N-dealkylation sites (tertiary alicyclic amines) is 2. The Hall–Kier alpha value is -3.43. The number of amides is 2. The Kier molecular flexibility index (Phi) is 8.24. The molecule has 0 spiro atoms. The highest BCUT2D eigenvalue weighted by atomic mass is 31.2. The van der Waals surface area contributed by atoms with E-state index in [1.807, 2.05) is 0 Å². The Balaban J connectivity index is 1.41. The van der Waals surface area contributed by atoms with Crippen LogP contribution in [0.5, 0.6) is 0 Å². The number of piperidine rings is 1. The number of ether oxygens (including phenoxy) is 1. The molecule has 6 heteroatoms. The molecular formula is C32H36N2O3P+. The molecular weight excluding hydrogens is 491 g/mol. The van der Waals surface area contributed by atoms with Crippen molar-refractivity contribution in [2.45, 2.75) is 24.9 Å². The predicted octanol–water partition coefficient (Wildman–Crippen LogP) is 4.62. The van der Waals surface area contributed by atoms with E-state index in [0.717, 1.165) is 32.4 Å². The molecule has 2 heterocycles. The molecule has 2 aliphatic rings. The van der Waals surface area contributed by atoms with Crippen molar-refractivity contribution in [3.05, 3.63) is 104 Å². The third-order valence-corrected chi connectivity index (χ3v) is 12.7. The van der Waals surface area contributed by atoms with Crippen LogP contribution in [0.15, 0.2) is 104 Å². The molecule has 1 unspecified atom stereocenters. The van der Waals surface area contributed by atoms with E-state index >= 15 is 0 Å². The van der Waals surface area contributed by atoms with Crippen LogP contribution in [-0.2, 0) is 9.53 Å². The summed E-state index contributed by atoms with van der Waals surface area (Å²) in [4.78, 5) is 30.4. The van der Waals surface area contributed by atoms with Crippen molar-refractivity contribution in [3.63, 3.8) is 0 Å². The van der Waals surface area contributed by atoms with Gasteiger partial charge in [0.2, 0.25) is 0 Å².